The van der Waals surface area contributed by atoms with E-state index in [1.165, 1.54) is 24.6 Å². The van der Waals surface area contributed by atoms with Gasteiger partial charge in [0.05, 0.1) is 12.1 Å². The summed E-state index contributed by atoms with van der Waals surface area (Å²) in [5.74, 6) is 0.525. The summed E-state index contributed by atoms with van der Waals surface area (Å²) in [6.07, 6.45) is 4.20. The number of nitrogens with zero attached hydrogens (tertiary/aromatic N) is 4. The van der Waals surface area contributed by atoms with Crippen LogP contribution in [0.15, 0.2) is 29.4 Å². The molecule has 3 N–H and O–H groups in total. The number of rotatable bonds is 5. The first-order valence-corrected chi connectivity index (χ1v) is 8.17. The Bertz CT molecular complexity index is 579. The quantitative estimate of drug-likeness (QED) is 0.650. The van der Waals surface area contributed by atoms with Crippen molar-refractivity contribution in [3.05, 3.63) is 29.8 Å². The maximum atomic E-state index is 10.2. The van der Waals surface area contributed by atoms with Gasteiger partial charge in [-0.2, -0.15) is 0 Å². The summed E-state index contributed by atoms with van der Waals surface area (Å²) in [6, 6.07) is 7.70. The predicted molar refractivity (Wildman–Crippen MR) is 81.9 cm³/mol. The molecule has 112 valence electrons. The Morgan fingerprint density at radius 1 is 1.29 bits per heavy atom. The van der Waals surface area contributed by atoms with Crippen molar-refractivity contribution in [3.8, 4) is 0 Å². The van der Waals surface area contributed by atoms with Crippen LogP contribution >= 0.6 is 11.8 Å². The third-order valence-electron chi connectivity index (χ3n) is 3.82. The fourth-order valence-corrected chi connectivity index (χ4v) is 3.54. The molecule has 6 nitrogen and oxygen atoms in total. The molecule has 1 fully saturated rings. The Balaban J connectivity index is 1.62. The van der Waals surface area contributed by atoms with E-state index in [2.05, 4.69) is 15.5 Å². The van der Waals surface area contributed by atoms with Gasteiger partial charge in [-0.25, -0.2) is 4.68 Å². The van der Waals surface area contributed by atoms with Crippen LogP contribution in [0.5, 0.6) is 0 Å². The highest BCUT2D eigenvalue weighted by Crippen LogP contribution is 2.32. The van der Waals surface area contributed by atoms with E-state index in [0.717, 1.165) is 23.6 Å². The molecule has 0 aliphatic heterocycles. The van der Waals surface area contributed by atoms with Gasteiger partial charge in [0.1, 0.15) is 0 Å². The van der Waals surface area contributed by atoms with Crippen molar-refractivity contribution in [2.45, 2.75) is 43.0 Å². The summed E-state index contributed by atoms with van der Waals surface area (Å²) >= 11 is 1.49. The average Bonchev–Trinajstić information content (AvgIpc) is 3.16. The number of aliphatic hydroxyl groups excluding tert-OH is 1. The molecule has 1 saturated carbocycles. The second-order valence-corrected chi connectivity index (χ2v) is 6.32. The molecule has 1 heterocycles. The lowest BCUT2D eigenvalue weighted by molar-refractivity contribution is 0.204. The number of nitrogen functional groups attached to an aromatic ring is 1. The van der Waals surface area contributed by atoms with Crippen molar-refractivity contribution in [1.82, 2.24) is 20.2 Å². The molecule has 7 heteroatoms. The summed E-state index contributed by atoms with van der Waals surface area (Å²) in [5, 5.41) is 23.0. The van der Waals surface area contributed by atoms with Crippen LogP contribution in [-0.2, 0) is 0 Å². The topological polar surface area (TPSA) is 89.8 Å². The fourth-order valence-electron chi connectivity index (χ4n) is 2.63. The van der Waals surface area contributed by atoms with E-state index < -0.39 is 6.10 Å². The molecule has 0 amide bonds. The third kappa shape index (κ3) is 3.36. The second kappa shape index (κ2) is 6.44. The monoisotopic (exact) mass is 305 g/mol. The molecule has 0 bridgehead atoms. The van der Waals surface area contributed by atoms with E-state index in [1.54, 1.807) is 12.1 Å². The van der Waals surface area contributed by atoms with Gasteiger partial charge < -0.3 is 10.8 Å². The number of benzene rings is 1. The predicted octanol–water partition coefficient (Wildman–Crippen LogP) is 2.20. The van der Waals surface area contributed by atoms with Crippen LogP contribution in [-0.4, -0.2) is 31.1 Å². The minimum absolute atomic E-state index is 0.413. The van der Waals surface area contributed by atoms with E-state index in [1.807, 2.05) is 16.8 Å². The minimum atomic E-state index is -0.552. The van der Waals surface area contributed by atoms with Gasteiger partial charge in [0.25, 0.3) is 0 Å². The van der Waals surface area contributed by atoms with E-state index >= 15 is 0 Å². The Morgan fingerprint density at radius 3 is 2.71 bits per heavy atom. The Kier molecular flexibility index (Phi) is 4.40. The van der Waals surface area contributed by atoms with Gasteiger partial charge in [0.2, 0.25) is 5.16 Å². The van der Waals surface area contributed by atoms with Gasteiger partial charge in [-0.3, -0.25) is 0 Å². The van der Waals surface area contributed by atoms with E-state index in [4.69, 9.17) is 5.73 Å². The van der Waals surface area contributed by atoms with Gasteiger partial charge in [-0.05, 0) is 41.0 Å². The molecule has 1 aliphatic carbocycles. The third-order valence-corrected chi connectivity index (χ3v) is 4.83. The molecule has 2 aromatic rings. The average molecular weight is 305 g/mol. The molecule has 0 spiro atoms. The lowest BCUT2D eigenvalue weighted by atomic mass is 10.1. The van der Waals surface area contributed by atoms with E-state index in [9.17, 15) is 5.11 Å². The second-order valence-electron chi connectivity index (χ2n) is 5.34. The highest BCUT2D eigenvalue weighted by Gasteiger charge is 2.22. The summed E-state index contributed by atoms with van der Waals surface area (Å²) < 4.78 is 1.91. The number of hydrogen-bond acceptors (Lipinski definition) is 6. The Hall–Kier alpha value is -1.60. The molecule has 21 heavy (non-hydrogen) atoms. The molecular formula is C14H19N5OS. The summed E-state index contributed by atoms with van der Waals surface area (Å²) in [7, 11) is 0. The summed E-state index contributed by atoms with van der Waals surface area (Å²) in [4.78, 5) is 0. The normalized spacial score (nSPS) is 17.2. The molecule has 0 saturated heterocycles. The van der Waals surface area contributed by atoms with E-state index in [-0.39, 0.29) is 0 Å². The Labute approximate surface area is 127 Å². The van der Waals surface area contributed by atoms with Gasteiger partial charge in [0.15, 0.2) is 0 Å². The van der Waals surface area contributed by atoms with Crippen LogP contribution in [0.3, 0.4) is 0 Å². The van der Waals surface area contributed by atoms with Gasteiger partial charge in [-0.1, -0.05) is 36.7 Å². The van der Waals surface area contributed by atoms with Crippen LogP contribution < -0.4 is 5.73 Å². The van der Waals surface area contributed by atoms with Crippen molar-refractivity contribution in [2.24, 2.45) is 0 Å². The molecule has 0 radical (unpaired) electrons. The SMILES string of the molecule is Nc1ccc(C(O)CSc2nnnn2C2CCCC2)cc1. The number of anilines is 1. The van der Waals surface area contributed by atoms with Crippen LogP contribution in [0.1, 0.15) is 43.4 Å². The van der Waals surface area contributed by atoms with Crippen molar-refractivity contribution >= 4 is 17.4 Å². The number of tetrazole rings is 1. The zero-order chi connectivity index (χ0) is 14.7. The largest absolute Gasteiger partial charge is 0.399 e. The first-order chi connectivity index (χ1) is 10.2. The molecule has 1 atom stereocenters. The first kappa shape index (κ1) is 14.3. The zero-order valence-corrected chi connectivity index (χ0v) is 12.5. The zero-order valence-electron chi connectivity index (χ0n) is 11.7. The number of thioether (sulfide) groups is 1. The maximum absolute atomic E-state index is 10.2. The molecule has 1 aromatic heterocycles. The lowest BCUT2D eigenvalue weighted by Crippen LogP contribution is -2.09. The maximum Gasteiger partial charge on any atom is 0.209 e. The van der Waals surface area contributed by atoms with Crippen molar-refractivity contribution < 1.29 is 5.11 Å². The molecule has 1 unspecified atom stereocenters. The number of aliphatic hydroxyl groups is 1. The Morgan fingerprint density at radius 2 is 2.00 bits per heavy atom. The molecular weight excluding hydrogens is 286 g/mol. The van der Waals surface area contributed by atoms with Crippen molar-refractivity contribution in [3.63, 3.8) is 0 Å². The van der Waals surface area contributed by atoms with Crippen LogP contribution in [0.4, 0.5) is 5.69 Å². The molecule has 1 aromatic carbocycles. The van der Waals surface area contributed by atoms with E-state index in [0.29, 0.717) is 17.5 Å². The highest BCUT2D eigenvalue weighted by atomic mass is 32.2. The fraction of sp³-hybridized carbons (Fsp3) is 0.500. The first-order valence-electron chi connectivity index (χ1n) is 7.18. The van der Waals surface area contributed by atoms with Gasteiger partial charge >= 0.3 is 0 Å². The number of hydrogen-bond donors (Lipinski definition) is 2. The van der Waals surface area contributed by atoms with Crippen molar-refractivity contribution in [1.29, 1.82) is 0 Å². The number of nitrogens with two attached hydrogens (primary N) is 1. The van der Waals surface area contributed by atoms with Crippen LogP contribution in [0, 0.1) is 0 Å². The van der Waals surface area contributed by atoms with Gasteiger partial charge in [-0.15, -0.1) is 5.10 Å². The summed E-state index contributed by atoms with van der Waals surface area (Å²) in [5.41, 5.74) is 7.21. The van der Waals surface area contributed by atoms with Crippen LogP contribution in [0.2, 0.25) is 0 Å². The van der Waals surface area contributed by atoms with Crippen molar-refractivity contribution in [2.75, 3.05) is 11.5 Å². The lowest BCUT2D eigenvalue weighted by Gasteiger charge is -2.13. The molecule has 3 rings (SSSR count). The van der Waals surface area contributed by atoms with Gasteiger partial charge in [0, 0.05) is 11.4 Å². The summed E-state index contributed by atoms with van der Waals surface area (Å²) in [6.45, 7) is 0. The smallest absolute Gasteiger partial charge is 0.209 e. The minimum Gasteiger partial charge on any atom is -0.399 e. The molecule has 1 aliphatic rings. The number of aromatic nitrogens is 4. The highest BCUT2D eigenvalue weighted by molar-refractivity contribution is 7.99. The van der Waals surface area contributed by atoms with Crippen LogP contribution in [0.25, 0.3) is 0 Å². The standard InChI is InChI=1S/C14H19N5OS/c15-11-7-5-10(6-8-11)13(20)9-21-14-16-17-18-19(14)12-3-1-2-4-12/h5-8,12-13,20H,1-4,9,15H2.